The van der Waals surface area contributed by atoms with Gasteiger partial charge in [0.2, 0.25) is 0 Å². The lowest BCUT2D eigenvalue weighted by Crippen LogP contribution is -2.45. The minimum absolute atomic E-state index is 0.0157. The summed E-state index contributed by atoms with van der Waals surface area (Å²) in [6.45, 7) is 1.59. The Hall–Kier alpha value is -2.67. The molecule has 0 bridgehead atoms. The van der Waals surface area contributed by atoms with E-state index in [-0.39, 0.29) is 36.6 Å². The zero-order chi connectivity index (χ0) is 26.6. The highest BCUT2D eigenvalue weighted by Crippen LogP contribution is 2.30. The first-order valence-electron chi connectivity index (χ1n) is 11.9. The van der Waals surface area contributed by atoms with Crippen molar-refractivity contribution in [1.29, 1.82) is 5.26 Å². The summed E-state index contributed by atoms with van der Waals surface area (Å²) in [7, 11) is -1.97. The predicted octanol–water partition coefficient (Wildman–Crippen LogP) is 4.83. The van der Waals surface area contributed by atoms with Crippen molar-refractivity contribution in [3.63, 3.8) is 0 Å². The molecule has 37 heavy (non-hydrogen) atoms. The van der Waals surface area contributed by atoms with Crippen LogP contribution in [0.15, 0.2) is 54.6 Å². The van der Waals surface area contributed by atoms with Gasteiger partial charge in [0.1, 0.15) is 0 Å². The fourth-order valence-electron chi connectivity index (χ4n) is 4.42. The van der Waals surface area contributed by atoms with Crippen molar-refractivity contribution in [1.82, 2.24) is 10.2 Å². The Labute approximate surface area is 227 Å². The Kier molecular flexibility index (Phi) is 8.73. The molecule has 1 N–H and O–H groups in total. The quantitative estimate of drug-likeness (QED) is 0.357. The lowest BCUT2D eigenvalue weighted by atomic mass is 9.94. The van der Waals surface area contributed by atoms with Gasteiger partial charge in [-0.2, -0.15) is 13.7 Å². The molecule has 3 aromatic rings. The predicted molar refractivity (Wildman–Crippen MR) is 146 cm³/mol. The number of halogens is 2. The van der Waals surface area contributed by atoms with Crippen LogP contribution in [0.1, 0.15) is 33.8 Å². The first kappa shape index (κ1) is 27.4. The Morgan fingerprint density at radius 2 is 1.92 bits per heavy atom. The monoisotopic (exact) mass is 559 g/mol. The van der Waals surface area contributed by atoms with Gasteiger partial charge in [0, 0.05) is 44.1 Å². The molecule has 0 aromatic heterocycles. The molecule has 0 radical (unpaired) electrons. The lowest BCUT2D eigenvalue weighted by molar-refractivity contribution is 0.0784. The summed E-state index contributed by atoms with van der Waals surface area (Å²) < 4.78 is 30.0. The Morgan fingerprint density at radius 3 is 2.59 bits per heavy atom. The summed E-state index contributed by atoms with van der Waals surface area (Å²) in [6, 6.07) is 18.1. The summed E-state index contributed by atoms with van der Waals surface area (Å²) in [6.07, 6.45) is 0.344. The zero-order valence-corrected chi connectivity index (χ0v) is 22.6. The number of fused-ring (bicyclic) bond motifs is 1. The van der Waals surface area contributed by atoms with Crippen LogP contribution in [0, 0.1) is 17.2 Å². The third-order valence-electron chi connectivity index (χ3n) is 6.51. The van der Waals surface area contributed by atoms with E-state index in [4.69, 9.17) is 27.4 Å². The third kappa shape index (κ3) is 6.81. The lowest BCUT2D eigenvalue weighted by Gasteiger charge is -2.27. The standard InChI is InChI=1S/C27H27Cl2N3O4S/c1-32(27(33)24-11-18(13-30)10-21-4-2-3-5-23(21)24)16-22(20-6-7-25(28)26(29)12-20)8-9-36-37(34,35)17-19-14-31-15-19/h2-7,10-12,19,22,31H,8-9,14-17H2,1H3/t22-/m1/s1. The SMILES string of the molecule is CN(C[C@@H](CCOS(=O)(=O)CC1CNC1)c1ccc(Cl)c(Cl)c1)C(=O)c1cc(C#N)cc2ccccc12. The van der Waals surface area contributed by atoms with Gasteiger partial charge >= 0.3 is 0 Å². The molecule has 1 saturated heterocycles. The normalized spacial score (nSPS) is 14.6. The van der Waals surface area contributed by atoms with Crippen molar-refractivity contribution < 1.29 is 17.4 Å². The average molecular weight is 561 g/mol. The van der Waals surface area contributed by atoms with Crippen molar-refractivity contribution in [2.75, 3.05) is 39.0 Å². The van der Waals surface area contributed by atoms with Gasteiger partial charge in [-0.05, 0) is 47.0 Å². The average Bonchev–Trinajstić information content (AvgIpc) is 2.86. The fourth-order valence-corrected chi connectivity index (χ4v) is 5.99. The molecule has 1 aliphatic rings. The molecule has 1 heterocycles. The van der Waals surface area contributed by atoms with Crippen LogP contribution < -0.4 is 5.32 Å². The number of rotatable bonds is 10. The number of hydrogen-bond acceptors (Lipinski definition) is 6. The molecule has 7 nitrogen and oxygen atoms in total. The van der Waals surface area contributed by atoms with Gasteiger partial charge in [-0.1, -0.05) is 53.5 Å². The molecule has 4 rings (SSSR count). The molecule has 3 aromatic carbocycles. The number of carbonyl (C=O) groups excluding carboxylic acids is 1. The van der Waals surface area contributed by atoms with E-state index in [1.54, 1.807) is 36.2 Å². The summed E-state index contributed by atoms with van der Waals surface area (Å²) in [5, 5.41) is 14.8. The summed E-state index contributed by atoms with van der Waals surface area (Å²) in [5.74, 6) is -0.462. The maximum atomic E-state index is 13.5. The minimum atomic E-state index is -3.65. The van der Waals surface area contributed by atoms with Gasteiger partial charge in [-0.15, -0.1) is 0 Å². The van der Waals surface area contributed by atoms with Crippen LogP contribution in [0.25, 0.3) is 10.8 Å². The van der Waals surface area contributed by atoms with Crippen LogP contribution in [0.2, 0.25) is 10.0 Å². The smallest absolute Gasteiger partial charge is 0.267 e. The number of benzene rings is 3. The van der Waals surface area contributed by atoms with Crippen molar-refractivity contribution in [3.05, 3.63) is 81.3 Å². The van der Waals surface area contributed by atoms with Gasteiger partial charge in [0.25, 0.3) is 16.0 Å². The van der Waals surface area contributed by atoms with Gasteiger partial charge in [0.05, 0.1) is 34.0 Å². The Morgan fingerprint density at radius 1 is 1.16 bits per heavy atom. The van der Waals surface area contributed by atoms with E-state index in [1.165, 1.54) is 0 Å². The highest BCUT2D eigenvalue weighted by Gasteiger charge is 2.26. The van der Waals surface area contributed by atoms with Gasteiger partial charge in [-0.3, -0.25) is 8.98 Å². The first-order chi connectivity index (χ1) is 17.7. The molecule has 1 amide bonds. The molecule has 1 atom stereocenters. The molecule has 10 heteroatoms. The molecular weight excluding hydrogens is 533 g/mol. The van der Waals surface area contributed by atoms with E-state index in [0.717, 1.165) is 16.3 Å². The number of hydrogen-bond donors (Lipinski definition) is 1. The summed E-state index contributed by atoms with van der Waals surface area (Å²) >= 11 is 12.4. The van der Waals surface area contributed by atoms with Crippen LogP contribution in [-0.2, 0) is 14.3 Å². The molecule has 0 spiro atoms. The number of carbonyl (C=O) groups is 1. The zero-order valence-electron chi connectivity index (χ0n) is 20.3. The van der Waals surface area contributed by atoms with Crippen LogP contribution in [0.3, 0.4) is 0 Å². The molecule has 194 valence electrons. The largest absolute Gasteiger partial charge is 0.341 e. The number of likely N-dealkylation sites (N-methyl/N-ethyl adjacent to an activating group) is 1. The fraction of sp³-hybridized carbons (Fsp3) is 0.333. The summed E-state index contributed by atoms with van der Waals surface area (Å²) in [5.41, 5.74) is 1.64. The van der Waals surface area contributed by atoms with Crippen molar-refractivity contribution >= 4 is 50.0 Å². The molecule has 1 aliphatic heterocycles. The van der Waals surface area contributed by atoms with Crippen molar-refractivity contribution in [2.45, 2.75) is 12.3 Å². The topological polar surface area (TPSA) is 99.5 Å². The Bertz CT molecular complexity index is 1450. The van der Waals surface area contributed by atoms with Crippen molar-refractivity contribution in [3.8, 4) is 6.07 Å². The third-order valence-corrected chi connectivity index (χ3v) is 8.66. The van der Waals surface area contributed by atoms with Crippen LogP contribution in [0.5, 0.6) is 0 Å². The highest BCUT2D eigenvalue weighted by molar-refractivity contribution is 7.86. The second-order valence-corrected chi connectivity index (χ2v) is 11.8. The minimum Gasteiger partial charge on any atom is -0.341 e. The van der Waals surface area contributed by atoms with Crippen LogP contribution in [0.4, 0.5) is 0 Å². The van der Waals surface area contributed by atoms with E-state index in [1.807, 2.05) is 30.3 Å². The van der Waals surface area contributed by atoms with E-state index in [2.05, 4.69) is 11.4 Å². The Balaban J connectivity index is 1.54. The van der Waals surface area contributed by atoms with Crippen molar-refractivity contribution in [2.24, 2.45) is 5.92 Å². The molecule has 0 aliphatic carbocycles. The maximum absolute atomic E-state index is 13.5. The van der Waals surface area contributed by atoms with Crippen LogP contribution in [-0.4, -0.2) is 58.3 Å². The highest BCUT2D eigenvalue weighted by atomic mass is 35.5. The molecular formula is C27H27Cl2N3O4S. The second kappa shape index (κ2) is 11.8. The van der Waals surface area contributed by atoms with Gasteiger partial charge in [-0.25, -0.2) is 0 Å². The maximum Gasteiger partial charge on any atom is 0.267 e. The number of nitriles is 1. The molecule has 0 unspecified atom stereocenters. The number of nitrogens with one attached hydrogen (secondary N) is 1. The van der Waals surface area contributed by atoms with E-state index in [9.17, 15) is 18.5 Å². The van der Waals surface area contributed by atoms with Crippen LogP contribution >= 0.6 is 23.2 Å². The van der Waals surface area contributed by atoms with E-state index in [0.29, 0.717) is 40.7 Å². The van der Waals surface area contributed by atoms with Gasteiger partial charge in [0.15, 0.2) is 0 Å². The van der Waals surface area contributed by atoms with E-state index >= 15 is 0 Å². The second-order valence-electron chi connectivity index (χ2n) is 9.27. The first-order valence-corrected chi connectivity index (χ1v) is 14.2. The number of nitrogens with zero attached hydrogens (tertiary/aromatic N) is 2. The van der Waals surface area contributed by atoms with Gasteiger partial charge < -0.3 is 10.2 Å². The summed E-state index contributed by atoms with van der Waals surface area (Å²) in [4.78, 5) is 15.1. The molecule has 1 fully saturated rings. The van der Waals surface area contributed by atoms with E-state index < -0.39 is 10.1 Å². The number of amides is 1. The molecule has 0 saturated carbocycles.